The third kappa shape index (κ3) is 3.91. The molecule has 0 fully saturated rings. The molecule has 1 rings (SSSR count). The van der Waals surface area contributed by atoms with Gasteiger partial charge in [-0.2, -0.15) is 0 Å². The summed E-state index contributed by atoms with van der Waals surface area (Å²) in [6, 6.07) is 3.41. The van der Waals surface area contributed by atoms with Crippen LogP contribution in [0.3, 0.4) is 0 Å². The van der Waals surface area contributed by atoms with E-state index in [4.69, 9.17) is 10.5 Å². The Kier molecular flexibility index (Phi) is 4.62. The van der Waals surface area contributed by atoms with Crippen LogP contribution in [0.2, 0.25) is 0 Å². The zero-order valence-electron chi connectivity index (χ0n) is 11.1. The monoisotopic (exact) mass is 314 g/mol. The van der Waals surface area contributed by atoms with E-state index in [0.29, 0.717) is 11.3 Å². The first-order valence-electron chi connectivity index (χ1n) is 5.66. The Bertz CT molecular complexity index is 453. The molecule has 0 spiro atoms. The van der Waals surface area contributed by atoms with E-state index in [9.17, 15) is 4.79 Å². The van der Waals surface area contributed by atoms with Crippen molar-refractivity contribution in [2.24, 2.45) is 5.41 Å². The summed E-state index contributed by atoms with van der Waals surface area (Å²) < 4.78 is 5.53. The average molecular weight is 315 g/mol. The second-order valence-corrected chi connectivity index (χ2v) is 6.18. The van der Waals surface area contributed by atoms with Crippen molar-refractivity contribution < 1.29 is 9.53 Å². The molecule has 0 bridgehead atoms. The van der Waals surface area contributed by atoms with Gasteiger partial charge < -0.3 is 15.8 Å². The minimum atomic E-state index is -0.432. The van der Waals surface area contributed by atoms with E-state index < -0.39 is 5.97 Å². The molecule has 0 saturated carbocycles. The lowest BCUT2D eigenvalue weighted by molar-refractivity contribution is 0.0602. The molecule has 0 aliphatic heterocycles. The summed E-state index contributed by atoms with van der Waals surface area (Å²) in [6.07, 6.45) is 0. The van der Waals surface area contributed by atoms with Crippen LogP contribution in [-0.4, -0.2) is 19.6 Å². The van der Waals surface area contributed by atoms with Gasteiger partial charge in [0.15, 0.2) is 0 Å². The van der Waals surface area contributed by atoms with Gasteiger partial charge in [0, 0.05) is 22.4 Å². The summed E-state index contributed by atoms with van der Waals surface area (Å²) in [4.78, 5) is 11.6. The van der Waals surface area contributed by atoms with Gasteiger partial charge in [-0.3, -0.25) is 0 Å². The van der Waals surface area contributed by atoms with Gasteiger partial charge in [0.1, 0.15) is 0 Å². The topological polar surface area (TPSA) is 64.3 Å². The van der Waals surface area contributed by atoms with Gasteiger partial charge in [0.2, 0.25) is 0 Å². The molecule has 0 aliphatic carbocycles. The molecule has 5 heteroatoms. The van der Waals surface area contributed by atoms with Crippen LogP contribution in [0.15, 0.2) is 16.6 Å². The van der Waals surface area contributed by atoms with Crippen molar-refractivity contribution in [2.45, 2.75) is 20.8 Å². The van der Waals surface area contributed by atoms with Gasteiger partial charge in [-0.15, -0.1) is 0 Å². The number of anilines is 2. The predicted octanol–water partition coefficient (Wildman–Crippen LogP) is 3.28. The third-order valence-corrected chi connectivity index (χ3v) is 3.01. The highest BCUT2D eigenvalue weighted by Crippen LogP contribution is 2.29. The van der Waals surface area contributed by atoms with E-state index in [-0.39, 0.29) is 5.41 Å². The van der Waals surface area contributed by atoms with Gasteiger partial charge >= 0.3 is 5.97 Å². The zero-order valence-corrected chi connectivity index (χ0v) is 12.7. The van der Waals surface area contributed by atoms with Crippen LogP contribution < -0.4 is 11.1 Å². The quantitative estimate of drug-likeness (QED) is 0.664. The lowest BCUT2D eigenvalue weighted by atomic mass is 9.97. The Labute approximate surface area is 116 Å². The summed E-state index contributed by atoms with van der Waals surface area (Å²) in [5.74, 6) is -0.432. The highest BCUT2D eigenvalue weighted by Gasteiger charge is 2.15. The number of hydrogen-bond acceptors (Lipinski definition) is 4. The van der Waals surface area contributed by atoms with E-state index in [1.807, 2.05) is 0 Å². The van der Waals surface area contributed by atoms with E-state index in [1.165, 1.54) is 7.11 Å². The standard InChI is InChI=1S/C13H19BrN2O2/c1-13(2,3)7-16-11-5-8(12(17)18-4)10(15)6-9(11)14/h5-6,16H,7,15H2,1-4H3. The first-order chi connectivity index (χ1) is 8.24. The van der Waals surface area contributed by atoms with Crippen molar-refractivity contribution in [3.05, 3.63) is 22.2 Å². The second kappa shape index (κ2) is 5.61. The van der Waals surface area contributed by atoms with Gasteiger partial charge in [-0.05, 0) is 33.5 Å². The number of ether oxygens (including phenoxy) is 1. The summed E-state index contributed by atoms with van der Waals surface area (Å²) >= 11 is 3.43. The first kappa shape index (κ1) is 14.8. The lowest BCUT2D eigenvalue weighted by Crippen LogP contribution is -2.19. The number of hydrogen-bond donors (Lipinski definition) is 2. The number of rotatable bonds is 3. The number of benzene rings is 1. The predicted molar refractivity (Wildman–Crippen MR) is 77.8 cm³/mol. The first-order valence-corrected chi connectivity index (χ1v) is 6.45. The van der Waals surface area contributed by atoms with Crippen LogP contribution >= 0.6 is 15.9 Å². The molecule has 0 atom stereocenters. The van der Waals surface area contributed by atoms with Gasteiger partial charge in [-0.1, -0.05) is 20.8 Å². The molecule has 1 aromatic rings. The molecule has 0 amide bonds. The number of nitrogens with one attached hydrogen (secondary N) is 1. The molecule has 0 aromatic heterocycles. The van der Waals surface area contributed by atoms with Crippen LogP contribution in [0.1, 0.15) is 31.1 Å². The normalized spacial score (nSPS) is 11.2. The minimum Gasteiger partial charge on any atom is -0.465 e. The molecule has 0 aliphatic rings. The zero-order chi connectivity index (χ0) is 13.9. The number of esters is 1. The Hall–Kier alpha value is -1.23. The molecular weight excluding hydrogens is 296 g/mol. The average Bonchev–Trinajstić information content (AvgIpc) is 2.25. The SMILES string of the molecule is COC(=O)c1cc(NCC(C)(C)C)c(Br)cc1N. The number of nitrogen functional groups attached to an aromatic ring is 1. The van der Waals surface area contributed by atoms with E-state index in [2.05, 4.69) is 42.0 Å². The molecule has 0 heterocycles. The van der Waals surface area contributed by atoms with Gasteiger partial charge in [0.05, 0.1) is 12.7 Å². The Morgan fingerprint density at radius 1 is 1.44 bits per heavy atom. The van der Waals surface area contributed by atoms with Gasteiger partial charge in [-0.25, -0.2) is 4.79 Å². The summed E-state index contributed by atoms with van der Waals surface area (Å²) in [5.41, 5.74) is 7.54. The van der Waals surface area contributed by atoms with Crippen molar-refractivity contribution in [1.82, 2.24) is 0 Å². The summed E-state index contributed by atoms with van der Waals surface area (Å²) in [7, 11) is 1.34. The van der Waals surface area contributed by atoms with Crippen LogP contribution in [-0.2, 0) is 4.74 Å². The van der Waals surface area contributed by atoms with Crippen LogP contribution in [0.4, 0.5) is 11.4 Å². The van der Waals surface area contributed by atoms with Crippen LogP contribution in [0.25, 0.3) is 0 Å². The van der Waals surface area contributed by atoms with Crippen LogP contribution in [0.5, 0.6) is 0 Å². The van der Waals surface area contributed by atoms with Crippen molar-refractivity contribution in [2.75, 3.05) is 24.7 Å². The fourth-order valence-electron chi connectivity index (χ4n) is 1.37. The van der Waals surface area contributed by atoms with Crippen molar-refractivity contribution in [1.29, 1.82) is 0 Å². The maximum Gasteiger partial charge on any atom is 0.340 e. The highest BCUT2D eigenvalue weighted by atomic mass is 79.9. The molecule has 0 radical (unpaired) electrons. The van der Waals surface area contributed by atoms with Crippen LogP contribution in [0, 0.1) is 5.41 Å². The smallest absolute Gasteiger partial charge is 0.340 e. The lowest BCUT2D eigenvalue weighted by Gasteiger charge is -2.21. The molecule has 4 nitrogen and oxygen atoms in total. The maximum atomic E-state index is 11.6. The molecule has 18 heavy (non-hydrogen) atoms. The molecular formula is C13H19BrN2O2. The number of nitrogens with two attached hydrogens (primary N) is 1. The molecule has 1 aromatic carbocycles. The van der Waals surface area contributed by atoms with E-state index in [0.717, 1.165) is 16.7 Å². The minimum absolute atomic E-state index is 0.145. The number of carbonyl (C=O) groups excluding carboxylic acids is 1. The van der Waals surface area contributed by atoms with Crippen molar-refractivity contribution >= 4 is 33.3 Å². The molecule has 3 N–H and O–H groups in total. The molecule has 0 saturated heterocycles. The molecule has 0 unspecified atom stereocenters. The number of halogens is 1. The Morgan fingerprint density at radius 2 is 2.06 bits per heavy atom. The van der Waals surface area contributed by atoms with E-state index >= 15 is 0 Å². The van der Waals surface area contributed by atoms with E-state index in [1.54, 1.807) is 12.1 Å². The summed E-state index contributed by atoms with van der Waals surface area (Å²) in [5, 5.41) is 3.29. The Morgan fingerprint density at radius 3 is 2.56 bits per heavy atom. The fourth-order valence-corrected chi connectivity index (χ4v) is 1.87. The van der Waals surface area contributed by atoms with Crippen molar-refractivity contribution in [3.8, 4) is 0 Å². The molecule has 100 valence electrons. The summed E-state index contributed by atoms with van der Waals surface area (Å²) in [6.45, 7) is 7.18. The largest absolute Gasteiger partial charge is 0.465 e. The third-order valence-electron chi connectivity index (χ3n) is 2.35. The number of methoxy groups -OCH3 is 1. The maximum absolute atomic E-state index is 11.6. The Balaban J connectivity index is 3.02. The second-order valence-electron chi connectivity index (χ2n) is 5.33. The van der Waals surface area contributed by atoms with Crippen molar-refractivity contribution in [3.63, 3.8) is 0 Å². The fraction of sp³-hybridized carbons (Fsp3) is 0.462. The number of carbonyl (C=O) groups is 1. The highest BCUT2D eigenvalue weighted by molar-refractivity contribution is 9.10. The van der Waals surface area contributed by atoms with Gasteiger partial charge in [0.25, 0.3) is 0 Å².